The third kappa shape index (κ3) is 4.25. The van der Waals surface area contributed by atoms with Gasteiger partial charge in [-0.3, -0.25) is 23.3 Å². The summed E-state index contributed by atoms with van der Waals surface area (Å²) >= 11 is 0. The highest BCUT2D eigenvalue weighted by molar-refractivity contribution is 6.61. The third-order valence-corrected chi connectivity index (χ3v) is 6.18. The Morgan fingerprint density at radius 1 is 1.09 bits per heavy atom. The van der Waals surface area contributed by atoms with E-state index in [0.717, 1.165) is 22.4 Å². The van der Waals surface area contributed by atoms with Crippen LogP contribution in [-0.2, 0) is 4.79 Å². The average molecular weight is 446 g/mol. The summed E-state index contributed by atoms with van der Waals surface area (Å²) in [6, 6.07) is 6.93. The highest BCUT2D eigenvalue weighted by Gasteiger charge is 2.32. The van der Waals surface area contributed by atoms with Crippen molar-refractivity contribution >= 4 is 47.9 Å². The molecule has 0 atom stereocenters. The number of rotatable bonds is 4. The lowest BCUT2D eigenvalue weighted by molar-refractivity contribution is -0.121. The Morgan fingerprint density at radius 2 is 1.79 bits per heavy atom. The standard InChI is InChI=1S/C25H25BF2N4O/c1-16-15-25(2,3)32(5)22-14-20(26(27)28)18(12-19(16)22)13-21-24(33)31(4)23(30-21)7-6-17-8-10-29-11-9-17/h6-15H,1-5H3/b7-6+,21-13+. The maximum Gasteiger partial charge on any atom is 0.572 e. The highest BCUT2D eigenvalue weighted by Crippen LogP contribution is 2.38. The molecule has 0 bridgehead atoms. The number of hydrogen-bond acceptors (Lipinski definition) is 4. The van der Waals surface area contributed by atoms with Gasteiger partial charge in [-0.15, -0.1) is 0 Å². The molecule has 1 aromatic carbocycles. The van der Waals surface area contributed by atoms with Crippen molar-refractivity contribution in [1.29, 1.82) is 0 Å². The van der Waals surface area contributed by atoms with Gasteiger partial charge in [0.15, 0.2) is 0 Å². The number of likely N-dealkylation sites (N-methyl/N-ethyl adjacent to an activating group) is 2. The molecule has 3 heterocycles. The van der Waals surface area contributed by atoms with Crippen LogP contribution in [0.3, 0.4) is 0 Å². The molecule has 2 aliphatic rings. The number of hydrogen-bond donors (Lipinski definition) is 0. The van der Waals surface area contributed by atoms with E-state index in [2.05, 4.69) is 16.1 Å². The molecule has 0 radical (unpaired) electrons. The van der Waals surface area contributed by atoms with Gasteiger partial charge in [-0.25, -0.2) is 4.99 Å². The second-order valence-electron chi connectivity index (χ2n) is 8.82. The van der Waals surface area contributed by atoms with Crippen molar-refractivity contribution in [2.75, 3.05) is 19.0 Å². The Kier molecular flexibility index (Phi) is 5.78. The first-order chi connectivity index (χ1) is 15.6. The van der Waals surface area contributed by atoms with E-state index in [4.69, 9.17) is 0 Å². The minimum absolute atomic E-state index is 0.120. The molecule has 2 aromatic rings. The van der Waals surface area contributed by atoms with Crippen LogP contribution in [0.4, 0.5) is 14.3 Å². The highest BCUT2D eigenvalue weighted by atomic mass is 19.2. The molecule has 8 heteroatoms. The van der Waals surface area contributed by atoms with Gasteiger partial charge in [-0.2, -0.15) is 0 Å². The SMILES string of the molecule is CC1=CC(C)(C)N(C)c2cc(B(F)F)c(/C=C3N=C(/C=C/c4ccncc4)N(C)C/3=O)cc21. The molecule has 4 rings (SSSR count). The number of amides is 1. The molecule has 0 saturated carbocycles. The van der Waals surface area contributed by atoms with Gasteiger partial charge in [0.05, 0.1) is 5.54 Å². The van der Waals surface area contributed by atoms with Crippen molar-refractivity contribution in [2.24, 2.45) is 4.99 Å². The number of amidine groups is 1. The number of benzene rings is 1. The van der Waals surface area contributed by atoms with Crippen LogP contribution in [-0.4, -0.2) is 48.5 Å². The largest absolute Gasteiger partial charge is 0.572 e. The summed E-state index contributed by atoms with van der Waals surface area (Å²) in [6.07, 6.45) is 10.5. The van der Waals surface area contributed by atoms with Crippen molar-refractivity contribution in [3.05, 3.63) is 71.2 Å². The Morgan fingerprint density at radius 3 is 2.45 bits per heavy atom. The second kappa shape index (κ2) is 8.43. The second-order valence-corrected chi connectivity index (χ2v) is 8.82. The summed E-state index contributed by atoms with van der Waals surface area (Å²) in [5, 5.41) is 0. The van der Waals surface area contributed by atoms with Crippen LogP contribution in [0.15, 0.2) is 59.5 Å². The van der Waals surface area contributed by atoms with Crippen LogP contribution >= 0.6 is 0 Å². The predicted molar refractivity (Wildman–Crippen MR) is 132 cm³/mol. The van der Waals surface area contributed by atoms with Crippen molar-refractivity contribution in [1.82, 2.24) is 9.88 Å². The van der Waals surface area contributed by atoms with Crippen LogP contribution in [0.5, 0.6) is 0 Å². The summed E-state index contributed by atoms with van der Waals surface area (Å²) in [6.45, 7) is 6.06. The minimum Gasteiger partial charge on any atom is -0.366 e. The zero-order valence-corrected chi connectivity index (χ0v) is 19.3. The fourth-order valence-electron chi connectivity index (χ4n) is 4.10. The molecule has 0 N–H and O–H groups in total. The topological polar surface area (TPSA) is 48.8 Å². The molecule has 0 saturated heterocycles. The van der Waals surface area contributed by atoms with E-state index in [9.17, 15) is 13.4 Å². The zero-order chi connectivity index (χ0) is 23.9. The molecular formula is C25H25BF2N4O. The summed E-state index contributed by atoms with van der Waals surface area (Å²) in [5.41, 5.74) is 3.55. The van der Waals surface area contributed by atoms with Gasteiger partial charge in [-0.05, 0) is 73.9 Å². The maximum absolute atomic E-state index is 14.0. The summed E-state index contributed by atoms with van der Waals surface area (Å²) in [4.78, 5) is 24.6. The molecule has 0 unspecified atom stereocenters. The van der Waals surface area contributed by atoms with Crippen LogP contribution in [0.2, 0.25) is 0 Å². The van der Waals surface area contributed by atoms with E-state index in [-0.39, 0.29) is 22.6 Å². The summed E-state index contributed by atoms with van der Waals surface area (Å²) < 4.78 is 28.1. The van der Waals surface area contributed by atoms with Crippen molar-refractivity contribution in [2.45, 2.75) is 26.3 Å². The zero-order valence-electron chi connectivity index (χ0n) is 19.3. The number of pyridine rings is 1. The van der Waals surface area contributed by atoms with Gasteiger partial charge >= 0.3 is 7.27 Å². The molecule has 1 amide bonds. The molecule has 1 aromatic heterocycles. The van der Waals surface area contributed by atoms with Gasteiger partial charge in [-0.1, -0.05) is 12.2 Å². The number of aliphatic imine (C=N–C) groups is 1. The van der Waals surface area contributed by atoms with E-state index < -0.39 is 7.27 Å². The van der Waals surface area contributed by atoms with Crippen LogP contribution in [0.25, 0.3) is 17.7 Å². The Balaban J connectivity index is 1.77. The molecule has 0 aliphatic carbocycles. The van der Waals surface area contributed by atoms with Gasteiger partial charge < -0.3 is 4.90 Å². The third-order valence-electron chi connectivity index (χ3n) is 6.18. The maximum atomic E-state index is 14.0. The van der Waals surface area contributed by atoms with E-state index in [1.54, 1.807) is 31.6 Å². The number of halogens is 2. The summed E-state index contributed by atoms with van der Waals surface area (Å²) in [5.74, 6) is 0.102. The van der Waals surface area contributed by atoms with E-state index in [1.165, 1.54) is 17.0 Å². The first-order valence-corrected chi connectivity index (χ1v) is 10.6. The number of carbonyl (C=O) groups is 1. The fourth-order valence-corrected chi connectivity index (χ4v) is 4.10. The number of allylic oxidation sites excluding steroid dienone is 1. The van der Waals surface area contributed by atoms with Gasteiger partial charge in [0.1, 0.15) is 11.5 Å². The molecule has 168 valence electrons. The summed E-state index contributed by atoms with van der Waals surface area (Å²) in [7, 11) is 0.828. The molecule has 5 nitrogen and oxygen atoms in total. The van der Waals surface area contributed by atoms with Gasteiger partial charge in [0, 0.05) is 43.2 Å². The number of fused-ring (bicyclic) bond motifs is 1. The van der Waals surface area contributed by atoms with E-state index >= 15 is 0 Å². The fraction of sp³-hybridized carbons (Fsp3) is 0.240. The number of anilines is 1. The first kappa shape index (κ1) is 22.6. The van der Waals surface area contributed by atoms with E-state index in [1.807, 2.05) is 50.9 Å². The Hall–Kier alpha value is -3.55. The molecule has 0 fully saturated rings. The smallest absolute Gasteiger partial charge is 0.366 e. The van der Waals surface area contributed by atoms with Crippen LogP contribution in [0, 0.1) is 0 Å². The molecule has 0 spiro atoms. The molecular weight excluding hydrogens is 421 g/mol. The van der Waals surface area contributed by atoms with Crippen LogP contribution < -0.4 is 10.4 Å². The Bertz CT molecular complexity index is 1230. The lowest BCUT2D eigenvalue weighted by Crippen LogP contribution is -2.43. The predicted octanol–water partition coefficient (Wildman–Crippen LogP) is 4.27. The normalized spacial score (nSPS) is 18.6. The Labute approximate surface area is 193 Å². The van der Waals surface area contributed by atoms with E-state index in [0.29, 0.717) is 11.4 Å². The average Bonchev–Trinajstić information content (AvgIpc) is 3.04. The monoisotopic (exact) mass is 446 g/mol. The van der Waals surface area contributed by atoms with Crippen molar-refractivity contribution in [3.8, 4) is 0 Å². The first-order valence-electron chi connectivity index (χ1n) is 10.6. The van der Waals surface area contributed by atoms with Crippen LogP contribution in [0.1, 0.15) is 37.5 Å². The number of aromatic nitrogens is 1. The number of nitrogens with zero attached hydrogens (tertiary/aromatic N) is 4. The van der Waals surface area contributed by atoms with Crippen molar-refractivity contribution in [3.63, 3.8) is 0 Å². The quantitative estimate of drug-likeness (QED) is 0.521. The molecule has 33 heavy (non-hydrogen) atoms. The minimum atomic E-state index is -2.69. The van der Waals surface area contributed by atoms with Gasteiger partial charge in [0.2, 0.25) is 0 Å². The lowest BCUT2D eigenvalue weighted by Gasteiger charge is -2.41. The molecule has 2 aliphatic heterocycles. The number of carbonyl (C=O) groups excluding carboxylic acids is 1. The van der Waals surface area contributed by atoms with Gasteiger partial charge in [0.25, 0.3) is 5.91 Å². The lowest BCUT2D eigenvalue weighted by atomic mass is 9.78. The van der Waals surface area contributed by atoms with Crippen molar-refractivity contribution < 1.29 is 13.4 Å².